The molecule has 0 unspecified atom stereocenters. The molecule has 108 valence electrons. The zero-order valence-electron chi connectivity index (χ0n) is 12.2. The molecule has 2 aromatic carbocycles. The minimum Gasteiger partial charge on any atom is -0.360 e. The van der Waals surface area contributed by atoms with Crippen LogP contribution in [0.15, 0.2) is 54.6 Å². The van der Waals surface area contributed by atoms with Crippen LogP contribution < -0.4 is 10.6 Å². The summed E-state index contributed by atoms with van der Waals surface area (Å²) in [5.74, 6) is 0. The Kier molecular flexibility index (Phi) is 4.20. The van der Waals surface area contributed by atoms with E-state index < -0.39 is 0 Å². The van der Waals surface area contributed by atoms with Crippen molar-refractivity contribution in [2.75, 3.05) is 0 Å². The van der Waals surface area contributed by atoms with Gasteiger partial charge in [-0.3, -0.25) is 0 Å². The quantitative estimate of drug-likeness (QED) is 0.833. The average molecular weight is 296 g/mol. The number of nitrogens with one attached hydrogen (secondary N) is 2. The zero-order chi connectivity index (χ0) is 14.7. The first-order valence-electron chi connectivity index (χ1n) is 7.45. The second kappa shape index (κ2) is 6.27. The molecule has 1 atom stereocenters. The SMILES string of the molecule is C[C@H](NC(=S)NC1CC1)c1ccc(-c2ccccc2)cc1. The van der Waals surface area contributed by atoms with E-state index in [0.29, 0.717) is 6.04 Å². The molecule has 3 rings (SSSR count). The van der Waals surface area contributed by atoms with E-state index in [9.17, 15) is 0 Å². The Bertz CT molecular complexity index is 603. The Morgan fingerprint density at radius 1 is 1.00 bits per heavy atom. The lowest BCUT2D eigenvalue weighted by atomic mass is 10.0. The summed E-state index contributed by atoms with van der Waals surface area (Å²) in [5.41, 5.74) is 3.73. The van der Waals surface area contributed by atoms with Gasteiger partial charge in [0.05, 0.1) is 6.04 Å². The largest absolute Gasteiger partial charge is 0.360 e. The number of rotatable bonds is 4. The molecule has 3 heteroatoms. The molecule has 0 saturated heterocycles. The fourth-order valence-electron chi connectivity index (χ4n) is 2.33. The lowest BCUT2D eigenvalue weighted by Gasteiger charge is -2.17. The van der Waals surface area contributed by atoms with Crippen LogP contribution in [0, 0.1) is 0 Å². The topological polar surface area (TPSA) is 24.1 Å². The van der Waals surface area contributed by atoms with Gasteiger partial charge < -0.3 is 10.6 Å². The first-order valence-corrected chi connectivity index (χ1v) is 7.85. The number of thiocarbonyl (C=S) groups is 1. The highest BCUT2D eigenvalue weighted by Crippen LogP contribution is 2.22. The second-order valence-corrected chi connectivity index (χ2v) is 6.01. The molecule has 1 saturated carbocycles. The van der Waals surface area contributed by atoms with Gasteiger partial charge in [0.25, 0.3) is 0 Å². The van der Waals surface area contributed by atoms with Crippen LogP contribution in [0.5, 0.6) is 0 Å². The van der Waals surface area contributed by atoms with E-state index in [4.69, 9.17) is 12.2 Å². The number of hydrogen-bond acceptors (Lipinski definition) is 1. The Morgan fingerprint density at radius 3 is 2.24 bits per heavy atom. The van der Waals surface area contributed by atoms with Gasteiger partial charge in [0.1, 0.15) is 0 Å². The van der Waals surface area contributed by atoms with Crippen molar-refractivity contribution < 1.29 is 0 Å². The van der Waals surface area contributed by atoms with Crippen LogP contribution in [-0.4, -0.2) is 11.2 Å². The minimum absolute atomic E-state index is 0.216. The fraction of sp³-hybridized carbons (Fsp3) is 0.278. The third-order valence-electron chi connectivity index (χ3n) is 3.78. The lowest BCUT2D eigenvalue weighted by Crippen LogP contribution is -2.37. The third kappa shape index (κ3) is 3.82. The van der Waals surface area contributed by atoms with Crippen LogP contribution in [0.3, 0.4) is 0 Å². The van der Waals surface area contributed by atoms with Crippen LogP contribution in [0.2, 0.25) is 0 Å². The molecule has 0 radical (unpaired) electrons. The van der Waals surface area contributed by atoms with Gasteiger partial charge in [-0.2, -0.15) is 0 Å². The highest BCUT2D eigenvalue weighted by Gasteiger charge is 2.22. The Balaban J connectivity index is 1.64. The monoisotopic (exact) mass is 296 g/mol. The lowest BCUT2D eigenvalue weighted by molar-refractivity contribution is 0.697. The van der Waals surface area contributed by atoms with E-state index in [0.717, 1.165) is 5.11 Å². The first-order chi connectivity index (χ1) is 10.2. The van der Waals surface area contributed by atoms with Crippen molar-refractivity contribution in [3.8, 4) is 11.1 Å². The van der Waals surface area contributed by atoms with Crippen molar-refractivity contribution >= 4 is 17.3 Å². The minimum atomic E-state index is 0.216. The summed E-state index contributed by atoms with van der Waals surface area (Å²) >= 11 is 5.33. The maximum atomic E-state index is 5.33. The normalized spacial score (nSPS) is 15.3. The van der Waals surface area contributed by atoms with E-state index in [1.807, 2.05) is 6.07 Å². The van der Waals surface area contributed by atoms with E-state index in [-0.39, 0.29) is 6.04 Å². The van der Waals surface area contributed by atoms with Crippen LogP contribution >= 0.6 is 12.2 Å². The molecule has 0 aliphatic heterocycles. The summed E-state index contributed by atoms with van der Waals surface area (Å²) in [4.78, 5) is 0. The standard InChI is InChI=1S/C18H20N2S/c1-13(19-18(21)20-17-11-12-17)14-7-9-16(10-8-14)15-5-3-2-4-6-15/h2-10,13,17H,11-12H2,1H3,(H2,19,20,21)/t13-/m0/s1. The van der Waals surface area contributed by atoms with Gasteiger partial charge in [-0.25, -0.2) is 0 Å². The number of benzene rings is 2. The Hall–Kier alpha value is -1.87. The third-order valence-corrected chi connectivity index (χ3v) is 4.01. The van der Waals surface area contributed by atoms with Crippen molar-refractivity contribution in [1.29, 1.82) is 0 Å². The van der Waals surface area contributed by atoms with Gasteiger partial charge in [-0.15, -0.1) is 0 Å². The predicted octanol–water partition coefficient (Wildman–Crippen LogP) is 4.04. The Morgan fingerprint density at radius 2 is 1.62 bits per heavy atom. The molecule has 2 N–H and O–H groups in total. The molecule has 0 heterocycles. The van der Waals surface area contributed by atoms with Crippen LogP contribution in [0.25, 0.3) is 11.1 Å². The summed E-state index contributed by atoms with van der Waals surface area (Å²) in [6.07, 6.45) is 2.48. The van der Waals surface area contributed by atoms with E-state index >= 15 is 0 Å². The molecule has 0 bridgehead atoms. The van der Waals surface area contributed by atoms with Gasteiger partial charge in [0, 0.05) is 6.04 Å². The van der Waals surface area contributed by atoms with E-state index in [1.165, 1.54) is 29.5 Å². The summed E-state index contributed by atoms with van der Waals surface area (Å²) in [6.45, 7) is 2.14. The molecule has 1 aliphatic carbocycles. The summed E-state index contributed by atoms with van der Waals surface area (Å²) in [7, 11) is 0. The molecule has 2 nitrogen and oxygen atoms in total. The highest BCUT2D eigenvalue weighted by atomic mass is 32.1. The van der Waals surface area contributed by atoms with Crippen LogP contribution in [0.1, 0.15) is 31.4 Å². The van der Waals surface area contributed by atoms with Crippen molar-refractivity contribution in [2.45, 2.75) is 31.8 Å². The summed E-state index contributed by atoms with van der Waals surface area (Å²) in [6, 6.07) is 19.9. The molecular weight excluding hydrogens is 276 g/mol. The van der Waals surface area contributed by atoms with Gasteiger partial charge in [-0.1, -0.05) is 54.6 Å². The molecule has 21 heavy (non-hydrogen) atoms. The predicted molar refractivity (Wildman–Crippen MR) is 92.2 cm³/mol. The maximum Gasteiger partial charge on any atom is 0.166 e. The summed E-state index contributed by atoms with van der Waals surface area (Å²) < 4.78 is 0. The zero-order valence-corrected chi connectivity index (χ0v) is 13.0. The van der Waals surface area contributed by atoms with Gasteiger partial charge in [-0.05, 0) is 48.7 Å². The molecule has 1 fully saturated rings. The fourth-order valence-corrected chi connectivity index (χ4v) is 2.67. The average Bonchev–Trinajstić information content (AvgIpc) is 3.32. The van der Waals surface area contributed by atoms with Crippen LogP contribution in [-0.2, 0) is 0 Å². The molecule has 0 spiro atoms. The van der Waals surface area contributed by atoms with Crippen molar-refractivity contribution in [3.05, 3.63) is 60.2 Å². The molecular formula is C18H20N2S. The second-order valence-electron chi connectivity index (χ2n) is 5.60. The van der Waals surface area contributed by atoms with E-state index in [1.54, 1.807) is 0 Å². The van der Waals surface area contributed by atoms with Gasteiger partial charge >= 0.3 is 0 Å². The Labute approximate surface area is 131 Å². The molecule has 2 aromatic rings. The van der Waals surface area contributed by atoms with Gasteiger partial charge in [0.15, 0.2) is 5.11 Å². The maximum absolute atomic E-state index is 5.33. The van der Waals surface area contributed by atoms with Crippen molar-refractivity contribution in [3.63, 3.8) is 0 Å². The smallest absolute Gasteiger partial charge is 0.166 e. The van der Waals surface area contributed by atoms with Gasteiger partial charge in [0.2, 0.25) is 0 Å². The first kappa shape index (κ1) is 14.1. The molecule has 1 aliphatic rings. The van der Waals surface area contributed by atoms with Crippen molar-refractivity contribution in [1.82, 2.24) is 10.6 Å². The number of hydrogen-bond donors (Lipinski definition) is 2. The molecule has 0 amide bonds. The summed E-state index contributed by atoms with van der Waals surface area (Å²) in [5, 5.41) is 7.42. The molecule has 0 aromatic heterocycles. The van der Waals surface area contributed by atoms with Crippen molar-refractivity contribution in [2.24, 2.45) is 0 Å². The van der Waals surface area contributed by atoms with Crippen LogP contribution in [0.4, 0.5) is 0 Å². The van der Waals surface area contributed by atoms with E-state index in [2.05, 4.69) is 66.1 Å². The highest BCUT2D eigenvalue weighted by molar-refractivity contribution is 7.80.